The van der Waals surface area contributed by atoms with Crippen LogP contribution in [0.5, 0.6) is 0 Å². The van der Waals surface area contributed by atoms with Crippen molar-refractivity contribution >= 4 is 33.3 Å². The number of nitrogens with zero attached hydrogens (tertiary/aromatic N) is 2. The highest BCUT2D eigenvalue weighted by Gasteiger charge is 2.26. The lowest BCUT2D eigenvalue weighted by Crippen LogP contribution is -3.11. The molecule has 0 saturated heterocycles. The van der Waals surface area contributed by atoms with Crippen molar-refractivity contribution in [2.75, 3.05) is 18.8 Å². The average Bonchev–Trinajstić information content (AvgIpc) is 3.09. The molecule has 1 aromatic carbocycles. The first-order chi connectivity index (χ1) is 13.7. The summed E-state index contributed by atoms with van der Waals surface area (Å²) in [4.78, 5) is 22.5. The molecule has 0 amide bonds. The number of fused-ring (bicyclic) bond motifs is 3. The summed E-state index contributed by atoms with van der Waals surface area (Å²) < 4.78 is 1.91. The molecule has 4 rings (SSSR count). The first-order valence-corrected chi connectivity index (χ1v) is 12.1. The van der Waals surface area contributed by atoms with Crippen LogP contribution < -0.4 is 10.5 Å². The predicted octanol–water partition coefficient (Wildman–Crippen LogP) is 3.36. The second kappa shape index (κ2) is 8.80. The number of thioether (sulfide) groups is 1. The van der Waals surface area contributed by atoms with Gasteiger partial charge in [0.2, 0.25) is 0 Å². The molecule has 2 aromatic heterocycles. The van der Waals surface area contributed by atoms with Crippen molar-refractivity contribution in [2.45, 2.75) is 51.4 Å². The van der Waals surface area contributed by atoms with Crippen molar-refractivity contribution in [1.82, 2.24) is 9.55 Å². The third kappa shape index (κ3) is 3.91. The zero-order valence-electron chi connectivity index (χ0n) is 16.7. The molecule has 1 unspecified atom stereocenters. The molecule has 0 spiro atoms. The number of hydrogen-bond acceptors (Lipinski definition) is 4. The molecule has 6 heteroatoms. The van der Waals surface area contributed by atoms with E-state index in [1.165, 1.54) is 10.4 Å². The van der Waals surface area contributed by atoms with E-state index in [0.717, 1.165) is 65.6 Å². The van der Waals surface area contributed by atoms with Crippen LogP contribution in [-0.4, -0.2) is 28.4 Å². The Morgan fingerprint density at radius 1 is 1.25 bits per heavy atom. The minimum absolute atomic E-state index is 0.144. The van der Waals surface area contributed by atoms with Crippen molar-refractivity contribution < 1.29 is 4.90 Å². The van der Waals surface area contributed by atoms with Crippen molar-refractivity contribution in [3.05, 3.63) is 56.7 Å². The Kier molecular flexibility index (Phi) is 6.19. The summed E-state index contributed by atoms with van der Waals surface area (Å²) in [5.41, 5.74) is 2.56. The van der Waals surface area contributed by atoms with Crippen LogP contribution in [0.2, 0.25) is 0 Å². The first kappa shape index (κ1) is 19.7. The summed E-state index contributed by atoms with van der Waals surface area (Å²) in [7, 11) is 0. The summed E-state index contributed by atoms with van der Waals surface area (Å²) in [5.74, 6) is 1.00. The van der Waals surface area contributed by atoms with Crippen LogP contribution in [0.4, 0.5) is 0 Å². The van der Waals surface area contributed by atoms with Crippen LogP contribution in [0.25, 0.3) is 10.2 Å². The molecular weight excluding hydrogens is 386 g/mol. The maximum absolute atomic E-state index is 13.6. The second-order valence-electron chi connectivity index (χ2n) is 7.44. The number of rotatable bonds is 7. The van der Waals surface area contributed by atoms with Gasteiger partial charge in [-0.15, -0.1) is 11.3 Å². The van der Waals surface area contributed by atoms with E-state index in [1.54, 1.807) is 28.0 Å². The number of hydrogen-bond donors (Lipinski definition) is 1. The monoisotopic (exact) mass is 414 g/mol. The largest absolute Gasteiger partial charge is 0.330 e. The summed E-state index contributed by atoms with van der Waals surface area (Å²) >= 11 is 3.47. The highest BCUT2D eigenvalue weighted by molar-refractivity contribution is 7.99. The van der Waals surface area contributed by atoms with Gasteiger partial charge >= 0.3 is 0 Å². The van der Waals surface area contributed by atoms with E-state index < -0.39 is 0 Å². The van der Waals surface area contributed by atoms with Gasteiger partial charge in [-0.25, -0.2) is 4.98 Å². The Morgan fingerprint density at radius 2 is 2.07 bits per heavy atom. The summed E-state index contributed by atoms with van der Waals surface area (Å²) in [5, 5.41) is 1.75. The van der Waals surface area contributed by atoms with Crippen molar-refractivity contribution in [1.29, 1.82) is 0 Å². The molecule has 0 aliphatic carbocycles. The maximum atomic E-state index is 13.6. The minimum atomic E-state index is 0.144. The second-order valence-corrected chi connectivity index (χ2v) is 9.58. The first-order valence-electron chi connectivity index (χ1n) is 10.3. The Bertz CT molecular complexity index is 1010. The molecule has 1 N–H and O–H groups in total. The lowest BCUT2D eigenvalue weighted by molar-refractivity contribution is -0.913. The zero-order chi connectivity index (χ0) is 19.5. The molecule has 1 aliphatic rings. The summed E-state index contributed by atoms with van der Waals surface area (Å²) in [6.45, 7) is 8.31. The number of aromatic nitrogens is 2. The van der Waals surface area contributed by atoms with Gasteiger partial charge in [-0.05, 0) is 24.5 Å². The third-order valence-electron chi connectivity index (χ3n) is 5.51. The minimum Gasteiger partial charge on any atom is -0.330 e. The molecule has 0 bridgehead atoms. The standard InChI is InChI=1S/C22H27N3OS2/c1-3-5-13-27-22-23-20-19(17-11-12-24(4-2)15-18(17)28-20)21(26)25(22)14-16-9-7-6-8-10-16/h6-10H,3-5,11-15H2,1-2H3/p+1. The van der Waals surface area contributed by atoms with Gasteiger partial charge in [-0.1, -0.05) is 55.4 Å². The van der Waals surface area contributed by atoms with Gasteiger partial charge in [0.05, 0.1) is 29.9 Å². The average molecular weight is 415 g/mol. The molecule has 0 fully saturated rings. The summed E-state index contributed by atoms with van der Waals surface area (Å²) in [6.07, 6.45) is 3.28. The van der Waals surface area contributed by atoms with E-state index in [-0.39, 0.29) is 5.56 Å². The zero-order valence-corrected chi connectivity index (χ0v) is 18.3. The van der Waals surface area contributed by atoms with Gasteiger partial charge in [-0.2, -0.15) is 0 Å². The lowest BCUT2D eigenvalue weighted by atomic mass is 10.1. The number of quaternary nitrogens is 1. The fourth-order valence-corrected chi connectivity index (χ4v) is 6.23. The molecule has 3 heterocycles. The molecule has 148 valence electrons. The van der Waals surface area contributed by atoms with Gasteiger partial charge in [0.1, 0.15) is 11.4 Å². The van der Waals surface area contributed by atoms with E-state index in [2.05, 4.69) is 26.0 Å². The number of nitrogens with one attached hydrogen (secondary N) is 1. The van der Waals surface area contributed by atoms with E-state index in [9.17, 15) is 4.79 Å². The Balaban J connectivity index is 1.80. The highest BCUT2D eigenvalue weighted by Crippen LogP contribution is 2.31. The van der Waals surface area contributed by atoms with Crippen LogP contribution in [-0.2, 0) is 19.5 Å². The Labute approximate surface area is 174 Å². The van der Waals surface area contributed by atoms with E-state index in [1.807, 2.05) is 22.8 Å². The van der Waals surface area contributed by atoms with E-state index >= 15 is 0 Å². The van der Waals surface area contributed by atoms with Crippen LogP contribution in [0.1, 0.15) is 42.7 Å². The van der Waals surface area contributed by atoms with Crippen LogP contribution in [0.3, 0.4) is 0 Å². The molecule has 1 aliphatic heterocycles. The van der Waals surface area contributed by atoms with E-state index in [0.29, 0.717) is 6.54 Å². The number of likely N-dealkylation sites (N-methyl/N-ethyl adjacent to an activating group) is 1. The molecule has 4 nitrogen and oxygen atoms in total. The van der Waals surface area contributed by atoms with Gasteiger partial charge < -0.3 is 4.90 Å². The topological polar surface area (TPSA) is 39.3 Å². The highest BCUT2D eigenvalue weighted by atomic mass is 32.2. The van der Waals surface area contributed by atoms with Gasteiger partial charge in [0.15, 0.2) is 5.16 Å². The fourth-order valence-electron chi connectivity index (χ4n) is 3.82. The van der Waals surface area contributed by atoms with Crippen LogP contribution in [0, 0.1) is 0 Å². The molecular formula is C22H28N3OS2+. The molecule has 0 saturated carbocycles. The smallest absolute Gasteiger partial charge is 0.263 e. The number of unbranched alkanes of at least 4 members (excludes halogenated alkanes) is 1. The normalized spacial score (nSPS) is 16.4. The Morgan fingerprint density at radius 3 is 2.82 bits per heavy atom. The van der Waals surface area contributed by atoms with E-state index in [4.69, 9.17) is 4.98 Å². The summed E-state index contributed by atoms with van der Waals surface area (Å²) in [6, 6.07) is 10.3. The SMILES string of the molecule is CCCCSc1nc2sc3c(c2c(=O)n1Cc1ccccc1)CC[NH+](CC)C3. The third-order valence-corrected chi connectivity index (χ3v) is 7.70. The lowest BCUT2D eigenvalue weighted by Gasteiger charge is -2.22. The van der Waals surface area contributed by atoms with Crippen LogP contribution >= 0.6 is 23.1 Å². The molecule has 28 heavy (non-hydrogen) atoms. The fraction of sp³-hybridized carbons (Fsp3) is 0.455. The quantitative estimate of drug-likeness (QED) is 0.366. The predicted molar refractivity (Wildman–Crippen MR) is 119 cm³/mol. The van der Waals surface area contributed by atoms with Gasteiger partial charge in [0, 0.05) is 12.2 Å². The molecule has 0 radical (unpaired) electrons. The number of benzene rings is 1. The van der Waals surface area contributed by atoms with Crippen molar-refractivity contribution in [2.24, 2.45) is 0 Å². The maximum Gasteiger partial charge on any atom is 0.263 e. The van der Waals surface area contributed by atoms with Crippen molar-refractivity contribution in [3.63, 3.8) is 0 Å². The molecule has 3 aromatic rings. The van der Waals surface area contributed by atoms with Gasteiger partial charge in [0.25, 0.3) is 5.56 Å². The van der Waals surface area contributed by atoms with Crippen molar-refractivity contribution in [3.8, 4) is 0 Å². The Hall–Kier alpha value is -1.63. The van der Waals surface area contributed by atoms with Crippen LogP contribution in [0.15, 0.2) is 40.3 Å². The van der Waals surface area contributed by atoms with Gasteiger partial charge in [-0.3, -0.25) is 9.36 Å². The number of thiophene rings is 1. The molecule has 1 atom stereocenters.